The lowest BCUT2D eigenvalue weighted by Gasteiger charge is -2.62. The lowest BCUT2D eigenvalue weighted by Crippen LogP contribution is -2.55. The topological polar surface area (TPSA) is 40.5 Å². The molecular weight excluding hydrogens is 368 g/mol. The Kier molecular flexibility index (Phi) is 6.20. The van der Waals surface area contributed by atoms with Crippen molar-refractivity contribution in [1.29, 1.82) is 0 Å². The molecule has 0 heterocycles. The highest BCUT2D eigenvalue weighted by molar-refractivity contribution is 5.10. The van der Waals surface area contributed by atoms with E-state index in [2.05, 4.69) is 41.5 Å². The summed E-state index contributed by atoms with van der Waals surface area (Å²) >= 11 is 0. The van der Waals surface area contributed by atoms with E-state index in [-0.39, 0.29) is 6.10 Å². The number of aliphatic hydroxyl groups is 2. The molecule has 0 spiro atoms. The molecule has 0 unspecified atom stereocenters. The van der Waals surface area contributed by atoms with Gasteiger partial charge in [-0.25, -0.2) is 0 Å². The summed E-state index contributed by atoms with van der Waals surface area (Å²) < 4.78 is 0. The molecule has 0 bridgehead atoms. The second kappa shape index (κ2) is 8.05. The van der Waals surface area contributed by atoms with Gasteiger partial charge in [0.1, 0.15) is 0 Å². The molecule has 4 saturated carbocycles. The van der Waals surface area contributed by atoms with E-state index in [1.807, 2.05) is 0 Å². The summed E-state index contributed by atoms with van der Waals surface area (Å²) in [4.78, 5) is 0. The van der Waals surface area contributed by atoms with Crippen molar-refractivity contribution in [2.75, 3.05) is 0 Å². The van der Waals surface area contributed by atoms with Gasteiger partial charge >= 0.3 is 0 Å². The Bertz CT molecular complexity index is 612. The third-order valence-electron chi connectivity index (χ3n) is 11.3. The molecule has 30 heavy (non-hydrogen) atoms. The zero-order chi connectivity index (χ0) is 21.9. The highest BCUT2D eigenvalue weighted by Gasteiger charge is 2.61. The summed E-state index contributed by atoms with van der Waals surface area (Å²) in [6.45, 7) is 14.2. The first-order chi connectivity index (χ1) is 14.0. The van der Waals surface area contributed by atoms with E-state index < -0.39 is 5.60 Å². The van der Waals surface area contributed by atoms with Gasteiger partial charge in [-0.15, -0.1) is 0 Å². The summed E-state index contributed by atoms with van der Waals surface area (Å²) in [6.07, 6.45) is 13.4. The lowest BCUT2D eigenvalue weighted by atomic mass is 9.43. The van der Waals surface area contributed by atoms with E-state index >= 15 is 0 Å². The van der Waals surface area contributed by atoms with Crippen LogP contribution in [0.25, 0.3) is 0 Å². The standard InChI is InChI=1S/C28H50O2/c1-18(2)7-12-25(29)19(3)22-10-11-23-21-9-8-20-17-26(4,30)15-16-27(20,5)24(21)13-14-28(22,23)6/h18-25,29-30H,7-17H2,1-6H3/t19-,20-,21-,22+,23-,24-,25-,26-,27-,28+/m0/s1. The Labute approximate surface area is 186 Å². The van der Waals surface area contributed by atoms with E-state index in [0.717, 1.165) is 49.4 Å². The summed E-state index contributed by atoms with van der Waals surface area (Å²) in [5, 5.41) is 21.7. The molecule has 0 radical (unpaired) electrons. The van der Waals surface area contributed by atoms with E-state index in [1.165, 1.54) is 44.9 Å². The first-order valence-electron chi connectivity index (χ1n) is 13.4. The zero-order valence-corrected chi connectivity index (χ0v) is 20.8. The van der Waals surface area contributed by atoms with Crippen LogP contribution in [0, 0.1) is 52.3 Å². The molecule has 4 aliphatic rings. The molecule has 2 N–H and O–H groups in total. The molecule has 10 atom stereocenters. The van der Waals surface area contributed by atoms with Crippen LogP contribution in [0.3, 0.4) is 0 Å². The third kappa shape index (κ3) is 3.81. The largest absolute Gasteiger partial charge is 0.393 e. The fraction of sp³-hybridized carbons (Fsp3) is 1.00. The summed E-state index contributed by atoms with van der Waals surface area (Å²) in [5.41, 5.74) is 0.454. The van der Waals surface area contributed by atoms with Gasteiger partial charge in [0.25, 0.3) is 0 Å². The molecule has 4 rings (SSSR count). The van der Waals surface area contributed by atoms with Crippen LogP contribution in [0.2, 0.25) is 0 Å². The van der Waals surface area contributed by atoms with Crippen molar-refractivity contribution in [3.8, 4) is 0 Å². The molecule has 0 amide bonds. The van der Waals surface area contributed by atoms with Crippen LogP contribution in [0.1, 0.15) is 112 Å². The predicted molar refractivity (Wildman–Crippen MR) is 125 cm³/mol. The fourth-order valence-corrected chi connectivity index (χ4v) is 9.37. The van der Waals surface area contributed by atoms with E-state index in [1.54, 1.807) is 0 Å². The van der Waals surface area contributed by atoms with Crippen molar-refractivity contribution in [3.05, 3.63) is 0 Å². The number of aliphatic hydroxyl groups excluding tert-OH is 1. The van der Waals surface area contributed by atoms with E-state index in [0.29, 0.717) is 28.6 Å². The van der Waals surface area contributed by atoms with Crippen molar-refractivity contribution in [2.24, 2.45) is 52.3 Å². The number of hydrogen-bond acceptors (Lipinski definition) is 2. The number of hydrogen-bond donors (Lipinski definition) is 2. The molecule has 0 aliphatic heterocycles. The molecule has 2 nitrogen and oxygen atoms in total. The first-order valence-corrected chi connectivity index (χ1v) is 13.4. The van der Waals surface area contributed by atoms with Crippen molar-refractivity contribution < 1.29 is 10.2 Å². The third-order valence-corrected chi connectivity index (χ3v) is 11.3. The minimum absolute atomic E-state index is 0.125. The van der Waals surface area contributed by atoms with Crippen molar-refractivity contribution in [1.82, 2.24) is 0 Å². The SMILES string of the molecule is CC(C)CC[C@H](O)[C@@H](C)[C@H]1CC[C@H]2[C@@H]3CC[C@H]4C[C@@](C)(O)CC[C@]4(C)[C@H]3CC[C@]12C. The monoisotopic (exact) mass is 418 g/mol. The van der Waals surface area contributed by atoms with Gasteiger partial charge in [0, 0.05) is 0 Å². The van der Waals surface area contributed by atoms with Gasteiger partial charge in [-0.05, 0) is 130 Å². The van der Waals surface area contributed by atoms with E-state index in [9.17, 15) is 10.2 Å². The van der Waals surface area contributed by atoms with Crippen LogP contribution in [0.15, 0.2) is 0 Å². The van der Waals surface area contributed by atoms with Gasteiger partial charge in [0.2, 0.25) is 0 Å². The fourth-order valence-electron chi connectivity index (χ4n) is 9.37. The summed E-state index contributed by atoms with van der Waals surface area (Å²) in [6, 6.07) is 0. The van der Waals surface area contributed by atoms with Crippen LogP contribution in [0.4, 0.5) is 0 Å². The average Bonchev–Trinajstić information content (AvgIpc) is 3.03. The second-order valence-electron chi connectivity index (χ2n) is 13.5. The molecule has 174 valence electrons. The highest BCUT2D eigenvalue weighted by atomic mass is 16.3. The normalized spacial score (nSPS) is 50.5. The van der Waals surface area contributed by atoms with Gasteiger partial charge in [0.05, 0.1) is 11.7 Å². The summed E-state index contributed by atoms with van der Waals surface area (Å²) in [5.74, 6) is 5.15. The van der Waals surface area contributed by atoms with Gasteiger partial charge in [0.15, 0.2) is 0 Å². The van der Waals surface area contributed by atoms with Crippen LogP contribution >= 0.6 is 0 Å². The molecule has 0 saturated heterocycles. The maximum atomic E-state index is 11.0. The Morgan fingerprint density at radius 2 is 1.50 bits per heavy atom. The summed E-state index contributed by atoms with van der Waals surface area (Å²) in [7, 11) is 0. The zero-order valence-electron chi connectivity index (χ0n) is 20.8. The minimum Gasteiger partial charge on any atom is -0.393 e. The maximum absolute atomic E-state index is 11.0. The van der Waals surface area contributed by atoms with Crippen LogP contribution in [-0.4, -0.2) is 21.9 Å². The van der Waals surface area contributed by atoms with Gasteiger partial charge < -0.3 is 10.2 Å². The Hall–Kier alpha value is -0.0800. The van der Waals surface area contributed by atoms with Crippen molar-refractivity contribution in [3.63, 3.8) is 0 Å². The molecule has 0 aromatic carbocycles. The molecule has 0 aromatic rings. The molecule has 4 fully saturated rings. The van der Waals surface area contributed by atoms with Gasteiger partial charge in [-0.2, -0.15) is 0 Å². The lowest BCUT2D eigenvalue weighted by molar-refractivity contribution is -0.149. The number of fused-ring (bicyclic) bond motifs is 5. The van der Waals surface area contributed by atoms with Crippen molar-refractivity contribution in [2.45, 2.75) is 124 Å². The second-order valence-corrected chi connectivity index (χ2v) is 13.5. The molecule has 2 heteroatoms. The smallest absolute Gasteiger partial charge is 0.0622 e. The highest BCUT2D eigenvalue weighted by Crippen LogP contribution is 2.68. The maximum Gasteiger partial charge on any atom is 0.0622 e. The van der Waals surface area contributed by atoms with Gasteiger partial charge in [-0.1, -0.05) is 34.6 Å². The minimum atomic E-state index is -0.430. The number of rotatable bonds is 5. The molecular formula is C28H50O2. The van der Waals surface area contributed by atoms with Gasteiger partial charge in [-0.3, -0.25) is 0 Å². The van der Waals surface area contributed by atoms with Crippen LogP contribution in [-0.2, 0) is 0 Å². The molecule has 4 aliphatic carbocycles. The first kappa shape index (κ1) is 23.1. The average molecular weight is 419 g/mol. The Balaban J connectivity index is 1.49. The van der Waals surface area contributed by atoms with Crippen LogP contribution < -0.4 is 0 Å². The quantitative estimate of drug-likeness (QED) is 0.513. The van der Waals surface area contributed by atoms with E-state index in [4.69, 9.17) is 0 Å². The van der Waals surface area contributed by atoms with Crippen molar-refractivity contribution >= 4 is 0 Å². The Morgan fingerprint density at radius 3 is 2.20 bits per heavy atom. The predicted octanol–water partition coefficient (Wildman–Crippen LogP) is 6.83. The Morgan fingerprint density at radius 1 is 0.800 bits per heavy atom. The molecule has 0 aromatic heterocycles. The van der Waals surface area contributed by atoms with Crippen LogP contribution in [0.5, 0.6) is 0 Å².